The van der Waals surface area contributed by atoms with Gasteiger partial charge in [0.05, 0.1) is 38.6 Å². The molecular formula is C41H39BrCl4N6O5S4. The van der Waals surface area contributed by atoms with E-state index in [0.29, 0.717) is 52.4 Å². The van der Waals surface area contributed by atoms with Gasteiger partial charge in [-0.3, -0.25) is 0 Å². The lowest BCUT2D eigenvalue weighted by Gasteiger charge is -2.34. The number of ether oxygens (including phenoxy) is 1. The third-order valence-electron chi connectivity index (χ3n) is 9.96. The van der Waals surface area contributed by atoms with Crippen LogP contribution < -0.4 is 14.5 Å². The molecule has 11 nitrogen and oxygen atoms in total. The zero-order valence-electron chi connectivity index (χ0n) is 32.6. The number of rotatable bonds is 11. The smallest absolute Gasteiger partial charge is 0.244 e. The second-order valence-electron chi connectivity index (χ2n) is 14.0. The summed E-state index contributed by atoms with van der Waals surface area (Å²) in [5.41, 5.74) is 4.31. The number of hydrogen-bond acceptors (Lipinski definition) is 11. The molecule has 0 unspecified atom stereocenters. The van der Waals surface area contributed by atoms with Crippen LogP contribution in [0.1, 0.15) is 22.5 Å². The third kappa shape index (κ3) is 11.0. The highest BCUT2D eigenvalue weighted by Crippen LogP contribution is 2.34. The number of nitrogens with zero attached hydrogens (tertiary/aromatic N) is 6. The Balaban J connectivity index is 0.000000184. The summed E-state index contributed by atoms with van der Waals surface area (Å²) in [7, 11) is -5.74. The van der Waals surface area contributed by atoms with Crippen molar-refractivity contribution < 1.29 is 21.6 Å². The minimum atomic E-state index is -3.70. The second kappa shape index (κ2) is 20.2. The van der Waals surface area contributed by atoms with Crippen LogP contribution in [0.15, 0.2) is 110 Å². The molecule has 0 N–H and O–H groups in total. The average Bonchev–Trinajstić information content (AvgIpc) is 3.93. The van der Waals surface area contributed by atoms with Crippen molar-refractivity contribution in [1.82, 2.24) is 18.6 Å². The van der Waals surface area contributed by atoms with Gasteiger partial charge in [-0.25, -0.2) is 26.8 Å². The minimum absolute atomic E-state index is 0.0462. The summed E-state index contributed by atoms with van der Waals surface area (Å²) in [6.07, 6.45) is 1.48. The SMILES string of the molecule is COc1cccc(Cc2csc(N3CCN(S(=O)(=O)c4cccc(Cl)c4Cl)CC3)n2)c1.O=S(=O)(c1cccc(Cl)c1Cl)N1CCN(c2nc(Cc3cccc(Br)c3)cs2)CC1. The van der Waals surface area contributed by atoms with E-state index < -0.39 is 20.0 Å². The maximum Gasteiger partial charge on any atom is 0.244 e. The molecule has 0 spiro atoms. The maximum absolute atomic E-state index is 13.0. The van der Waals surface area contributed by atoms with Gasteiger partial charge in [0.25, 0.3) is 0 Å². The maximum atomic E-state index is 13.0. The number of sulfonamides is 2. The highest BCUT2D eigenvalue weighted by molar-refractivity contribution is 9.10. The van der Waals surface area contributed by atoms with Crippen molar-refractivity contribution in [3.63, 3.8) is 0 Å². The summed E-state index contributed by atoms with van der Waals surface area (Å²) >= 11 is 30.9. The number of benzene rings is 4. The van der Waals surface area contributed by atoms with Gasteiger partial charge in [0.2, 0.25) is 20.0 Å². The van der Waals surface area contributed by atoms with Crippen molar-refractivity contribution in [3.8, 4) is 5.75 Å². The van der Waals surface area contributed by atoms with E-state index in [1.807, 2.05) is 41.8 Å². The van der Waals surface area contributed by atoms with Gasteiger partial charge < -0.3 is 14.5 Å². The van der Waals surface area contributed by atoms with E-state index in [9.17, 15) is 16.8 Å². The molecule has 2 saturated heterocycles. The van der Waals surface area contributed by atoms with Crippen LogP contribution in [-0.4, -0.2) is 94.9 Å². The normalized spacial score (nSPS) is 15.4. The molecule has 61 heavy (non-hydrogen) atoms. The van der Waals surface area contributed by atoms with Crippen LogP contribution in [0.4, 0.5) is 10.3 Å². The molecule has 0 aliphatic carbocycles. The second-order valence-corrected chi connectivity index (χ2v) is 21.9. The first kappa shape index (κ1) is 46.0. The molecule has 2 aliphatic heterocycles. The summed E-state index contributed by atoms with van der Waals surface area (Å²) < 4.78 is 61.2. The fourth-order valence-corrected chi connectivity index (χ4v) is 13.3. The quantitative estimate of drug-likeness (QED) is 0.125. The number of piperazine rings is 2. The molecule has 8 rings (SSSR count). The molecule has 0 radical (unpaired) electrons. The Kier molecular flexibility index (Phi) is 15.3. The van der Waals surface area contributed by atoms with E-state index in [1.54, 1.807) is 54.0 Å². The molecule has 6 aromatic rings. The van der Waals surface area contributed by atoms with Gasteiger partial charge in [0.1, 0.15) is 15.5 Å². The Labute approximate surface area is 392 Å². The first-order valence-electron chi connectivity index (χ1n) is 18.9. The van der Waals surface area contributed by atoms with Crippen LogP contribution in [0.2, 0.25) is 20.1 Å². The Morgan fingerprint density at radius 3 is 1.48 bits per heavy atom. The van der Waals surface area contributed by atoms with Gasteiger partial charge in [0, 0.05) is 80.4 Å². The van der Waals surface area contributed by atoms with Gasteiger partial charge in [-0.1, -0.05) is 98.7 Å². The Morgan fingerprint density at radius 2 is 1.03 bits per heavy atom. The molecule has 0 bridgehead atoms. The van der Waals surface area contributed by atoms with Crippen LogP contribution in [0.5, 0.6) is 5.75 Å². The molecule has 2 aromatic heterocycles. The Morgan fingerprint density at radius 1 is 0.607 bits per heavy atom. The fourth-order valence-electron chi connectivity index (χ4n) is 6.78. The van der Waals surface area contributed by atoms with Crippen molar-refractivity contribution >= 4 is 115 Å². The number of aromatic nitrogens is 2. The van der Waals surface area contributed by atoms with Crippen LogP contribution in [0, 0.1) is 0 Å². The third-order valence-corrected chi connectivity index (χ3v) is 18.1. The van der Waals surface area contributed by atoms with Gasteiger partial charge >= 0.3 is 0 Å². The number of hydrogen-bond donors (Lipinski definition) is 0. The molecule has 0 amide bonds. The predicted molar refractivity (Wildman–Crippen MR) is 252 cm³/mol. The van der Waals surface area contributed by atoms with Gasteiger partial charge in [-0.15, -0.1) is 22.7 Å². The Bertz CT molecular complexity index is 2710. The van der Waals surface area contributed by atoms with E-state index in [0.717, 1.165) is 50.3 Å². The highest BCUT2D eigenvalue weighted by Gasteiger charge is 2.33. The van der Waals surface area contributed by atoms with E-state index in [-0.39, 0.29) is 29.9 Å². The molecule has 4 aromatic carbocycles. The first-order valence-corrected chi connectivity index (χ1v) is 25.8. The molecule has 2 fully saturated rings. The molecular weight excluding hydrogens is 1010 g/mol. The standard InChI is InChI=1S/C21H21Cl2N3O3S2.C20H18BrCl2N3O2S2/c1-29-17-5-2-4-15(13-17)12-16-14-30-21(24-16)25-8-10-26(11-9-25)31(27,28)19-7-3-6-18(22)20(19)23;21-15-4-1-3-14(11-15)12-16-13-29-20(24-16)25-7-9-26(10-8-25)30(27,28)18-6-2-5-17(22)19(18)23/h2-7,13-14H,8-12H2,1H3;1-6,11,13H,7-10,12H2. The van der Waals surface area contributed by atoms with E-state index in [4.69, 9.17) is 61.1 Å². The van der Waals surface area contributed by atoms with Crippen molar-refractivity contribution in [1.29, 1.82) is 0 Å². The van der Waals surface area contributed by atoms with Crippen LogP contribution in [0.3, 0.4) is 0 Å². The molecule has 0 atom stereocenters. The zero-order chi connectivity index (χ0) is 43.3. The topological polar surface area (TPSA) is 116 Å². The molecule has 4 heterocycles. The van der Waals surface area contributed by atoms with Crippen LogP contribution in [0.25, 0.3) is 0 Å². The van der Waals surface area contributed by atoms with Gasteiger partial charge in [-0.05, 0) is 59.7 Å². The lowest BCUT2D eigenvalue weighted by molar-refractivity contribution is 0.384. The highest BCUT2D eigenvalue weighted by atomic mass is 79.9. The lowest BCUT2D eigenvalue weighted by atomic mass is 10.1. The first-order chi connectivity index (χ1) is 29.2. The van der Waals surface area contributed by atoms with Gasteiger partial charge in [-0.2, -0.15) is 8.61 Å². The van der Waals surface area contributed by atoms with Gasteiger partial charge in [0.15, 0.2) is 10.3 Å². The van der Waals surface area contributed by atoms with Crippen molar-refractivity contribution in [2.45, 2.75) is 22.6 Å². The van der Waals surface area contributed by atoms with Crippen molar-refractivity contribution in [2.24, 2.45) is 0 Å². The van der Waals surface area contributed by atoms with Crippen LogP contribution >= 0.6 is 85.0 Å². The monoisotopic (exact) mass is 1040 g/mol. The number of thiazole rings is 2. The minimum Gasteiger partial charge on any atom is -0.497 e. The van der Waals surface area contributed by atoms with Crippen molar-refractivity contribution in [2.75, 3.05) is 69.3 Å². The largest absolute Gasteiger partial charge is 0.497 e. The molecule has 2 aliphatic rings. The average molecular weight is 1050 g/mol. The fraction of sp³-hybridized carbons (Fsp3) is 0.268. The summed E-state index contributed by atoms with van der Waals surface area (Å²) in [6.45, 7) is 3.71. The van der Waals surface area contributed by atoms with E-state index in [1.165, 1.54) is 26.3 Å². The molecule has 322 valence electrons. The summed E-state index contributed by atoms with van der Waals surface area (Å²) in [5.74, 6) is 0.824. The summed E-state index contributed by atoms with van der Waals surface area (Å²) in [4.78, 5) is 13.8. The molecule has 20 heteroatoms. The van der Waals surface area contributed by atoms with Crippen LogP contribution in [-0.2, 0) is 32.9 Å². The summed E-state index contributed by atoms with van der Waals surface area (Å²) in [6, 6.07) is 25.4. The number of anilines is 2. The van der Waals surface area contributed by atoms with E-state index >= 15 is 0 Å². The lowest BCUT2D eigenvalue weighted by Crippen LogP contribution is -2.48. The zero-order valence-corrected chi connectivity index (χ0v) is 40.4. The van der Waals surface area contributed by atoms with Crippen molar-refractivity contribution in [3.05, 3.63) is 143 Å². The summed E-state index contributed by atoms with van der Waals surface area (Å²) in [5, 5.41) is 6.51. The number of methoxy groups -OCH3 is 1. The Hall–Kier alpha value is -3.00. The molecule has 0 saturated carbocycles. The predicted octanol–water partition coefficient (Wildman–Crippen LogP) is 9.87. The van der Waals surface area contributed by atoms with E-state index in [2.05, 4.69) is 43.2 Å². The number of halogens is 5.